The Hall–Kier alpha value is -1.31. The van der Waals surface area contributed by atoms with Gasteiger partial charge in [-0.2, -0.15) is 0 Å². The zero-order chi connectivity index (χ0) is 14.1. The first-order chi connectivity index (χ1) is 8.93. The van der Waals surface area contributed by atoms with Crippen LogP contribution in [0.15, 0.2) is 35.2 Å². The number of halogens is 1. The summed E-state index contributed by atoms with van der Waals surface area (Å²) in [7, 11) is -4.07. The number of nitrogens with two attached hydrogens (primary N) is 1. The molecule has 2 aromatic rings. The number of nitrogens with zero attached hydrogens (tertiary/aromatic N) is 1. The zero-order valence-electron chi connectivity index (χ0n) is 10.2. The predicted octanol–water partition coefficient (Wildman–Crippen LogP) is 2.22. The number of benzene rings is 1. The van der Waals surface area contributed by atoms with E-state index in [2.05, 4.69) is 4.98 Å². The molecule has 2 rings (SSSR count). The monoisotopic (exact) mass is 300 g/mol. The lowest BCUT2D eigenvalue weighted by Gasteiger charge is -2.29. The maximum absolute atomic E-state index is 14.0. The molecular weight excluding hydrogens is 287 g/mol. The van der Waals surface area contributed by atoms with E-state index < -0.39 is 20.6 Å². The standard InChI is InChI=1S/C12H13FN2O2S2/c1-2-12(19(14,16)17,11-7-18-8-15-11)9-5-3-4-6-10(9)13/h3-8H,2H2,1H3,(H2,14,16,17). The predicted molar refractivity (Wildman–Crippen MR) is 72.7 cm³/mol. The third kappa shape index (κ3) is 2.18. The Morgan fingerprint density at radius 3 is 2.58 bits per heavy atom. The molecule has 0 fully saturated rings. The molecule has 0 saturated carbocycles. The Morgan fingerprint density at radius 1 is 1.42 bits per heavy atom. The van der Waals surface area contributed by atoms with E-state index in [-0.39, 0.29) is 17.7 Å². The summed E-state index contributed by atoms with van der Waals surface area (Å²) in [4.78, 5) is 4.04. The van der Waals surface area contributed by atoms with E-state index >= 15 is 0 Å². The minimum atomic E-state index is -4.07. The normalized spacial score (nSPS) is 15.1. The van der Waals surface area contributed by atoms with E-state index in [1.165, 1.54) is 35.0 Å². The van der Waals surface area contributed by atoms with E-state index in [1.54, 1.807) is 18.4 Å². The topological polar surface area (TPSA) is 73.0 Å². The summed E-state index contributed by atoms with van der Waals surface area (Å²) >= 11 is 1.24. The summed E-state index contributed by atoms with van der Waals surface area (Å²) in [6.45, 7) is 1.65. The van der Waals surface area contributed by atoms with Crippen LogP contribution in [0.5, 0.6) is 0 Å². The molecule has 0 bridgehead atoms. The second-order valence-corrected chi connectivity index (χ2v) is 6.58. The number of hydrogen-bond acceptors (Lipinski definition) is 4. The molecule has 2 N–H and O–H groups in total. The number of aromatic nitrogens is 1. The molecule has 0 amide bonds. The molecule has 0 radical (unpaired) electrons. The molecule has 1 heterocycles. The van der Waals surface area contributed by atoms with Crippen LogP contribution in [0.1, 0.15) is 24.6 Å². The van der Waals surface area contributed by atoms with E-state index in [4.69, 9.17) is 5.14 Å². The Kier molecular flexibility index (Phi) is 3.71. The van der Waals surface area contributed by atoms with Crippen LogP contribution in [0.25, 0.3) is 0 Å². The first-order valence-corrected chi connectivity index (χ1v) is 8.08. The summed E-state index contributed by atoms with van der Waals surface area (Å²) in [6, 6.07) is 5.74. The van der Waals surface area contributed by atoms with Gasteiger partial charge in [0.1, 0.15) is 5.82 Å². The van der Waals surface area contributed by atoms with Gasteiger partial charge in [-0.1, -0.05) is 25.1 Å². The van der Waals surface area contributed by atoms with Gasteiger partial charge in [0.15, 0.2) is 4.75 Å². The van der Waals surface area contributed by atoms with Crippen LogP contribution in [0.2, 0.25) is 0 Å². The summed E-state index contributed by atoms with van der Waals surface area (Å²) < 4.78 is 36.6. The second-order valence-electron chi connectivity index (χ2n) is 4.08. The maximum atomic E-state index is 14.0. The van der Waals surface area contributed by atoms with Crippen molar-refractivity contribution in [1.29, 1.82) is 0 Å². The molecule has 1 aromatic heterocycles. The van der Waals surface area contributed by atoms with Gasteiger partial charge in [0, 0.05) is 10.9 Å². The molecule has 0 saturated heterocycles. The lowest BCUT2D eigenvalue weighted by Crippen LogP contribution is -2.42. The van der Waals surface area contributed by atoms with Crippen molar-refractivity contribution < 1.29 is 12.8 Å². The molecule has 0 spiro atoms. The van der Waals surface area contributed by atoms with E-state index in [9.17, 15) is 12.8 Å². The van der Waals surface area contributed by atoms with E-state index in [0.717, 1.165) is 0 Å². The SMILES string of the molecule is CCC(c1cscn1)(c1ccccc1F)S(N)(=O)=O. The van der Waals surface area contributed by atoms with E-state index in [1.807, 2.05) is 0 Å². The van der Waals surface area contributed by atoms with Crippen molar-refractivity contribution in [2.75, 3.05) is 0 Å². The lowest BCUT2D eigenvalue weighted by atomic mass is 9.92. The quantitative estimate of drug-likeness (QED) is 0.941. The number of primary sulfonamides is 1. The van der Waals surface area contributed by atoms with Gasteiger partial charge in [0.05, 0.1) is 11.2 Å². The van der Waals surface area contributed by atoms with Gasteiger partial charge in [-0.3, -0.25) is 0 Å². The fraction of sp³-hybridized carbons (Fsp3) is 0.250. The van der Waals surface area contributed by atoms with Crippen molar-refractivity contribution in [3.8, 4) is 0 Å². The first kappa shape index (κ1) is 14.1. The fourth-order valence-corrected chi connectivity index (χ4v) is 4.19. The Labute approximate surface area is 115 Å². The number of rotatable bonds is 4. The van der Waals surface area contributed by atoms with Crippen LogP contribution < -0.4 is 5.14 Å². The van der Waals surface area contributed by atoms with Crippen LogP contribution in [0.4, 0.5) is 4.39 Å². The van der Waals surface area contributed by atoms with Crippen molar-refractivity contribution in [3.63, 3.8) is 0 Å². The number of thiazole rings is 1. The molecule has 0 aliphatic carbocycles. The molecule has 19 heavy (non-hydrogen) atoms. The molecule has 1 aromatic carbocycles. The Balaban J connectivity index is 2.83. The smallest absolute Gasteiger partial charge is 0.224 e. The van der Waals surface area contributed by atoms with Crippen molar-refractivity contribution in [2.24, 2.45) is 5.14 Å². The summed E-state index contributed by atoms with van der Waals surface area (Å²) in [6.07, 6.45) is 0.108. The molecule has 102 valence electrons. The zero-order valence-corrected chi connectivity index (χ0v) is 11.8. The highest BCUT2D eigenvalue weighted by Gasteiger charge is 2.46. The average Bonchev–Trinajstić information content (AvgIpc) is 2.85. The highest BCUT2D eigenvalue weighted by molar-refractivity contribution is 7.90. The molecule has 4 nitrogen and oxygen atoms in total. The van der Waals surface area contributed by atoms with Crippen molar-refractivity contribution in [2.45, 2.75) is 18.1 Å². The second kappa shape index (κ2) is 4.99. The molecule has 1 atom stereocenters. The van der Waals surface area contributed by atoms with E-state index in [0.29, 0.717) is 0 Å². The van der Waals surface area contributed by atoms with Gasteiger partial charge in [-0.05, 0) is 12.5 Å². The third-order valence-electron chi connectivity index (χ3n) is 3.14. The van der Waals surface area contributed by atoms with Crippen LogP contribution in [0, 0.1) is 5.82 Å². The van der Waals surface area contributed by atoms with Crippen molar-refractivity contribution >= 4 is 21.4 Å². The fourth-order valence-electron chi connectivity index (χ4n) is 2.21. The maximum Gasteiger partial charge on any atom is 0.224 e. The van der Waals surface area contributed by atoms with Crippen LogP contribution >= 0.6 is 11.3 Å². The van der Waals surface area contributed by atoms with Crippen molar-refractivity contribution in [1.82, 2.24) is 4.98 Å². The van der Waals surface area contributed by atoms with Gasteiger partial charge in [0.2, 0.25) is 10.0 Å². The van der Waals surface area contributed by atoms with Crippen molar-refractivity contribution in [3.05, 3.63) is 52.2 Å². The van der Waals surface area contributed by atoms with Crippen LogP contribution in [-0.4, -0.2) is 13.4 Å². The molecule has 1 unspecified atom stereocenters. The Bertz CT molecular complexity index is 671. The van der Waals surface area contributed by atoms with Gasteiger partial charge < -0.3 is 0 Å². The largest absolute Gasteiger partial charge is 0.248 e. The molecular formula is C12H13FN2O2S2. The summed E-state index contributed by atoms with van der Waals surface area (Å²) in [5.74, 6) is -0.605. The number of sulfonamides is 1. The minimum Gasteiger partial charge on any atom is -0.248 e. The van der Waals surface area contributed by atoms with Gasteiger partial charge in [-0.15, -0.1) is 11.3 Å². The van der Waals surface area contributed by atoms with Gasteiger partial charge in [-0.25, -0.2) is 22.9 Å². The molecule has 7 heteroatoms. The summed E-state index contributed by atoms with van der Waals surface area (Å²) in [5.41, 5.74) is 1.80. The highest BCUT2D eigenvalue weighted by atomic mass is 32.2. The molecule has 0 aliphatic heterocycles. The molecule has 0 aliphatic rings. The first-order valence-electron chi connectivity index (χ1n) is 5.59. The van der Waals surface area contributed by atoms with Crippen LogP contribution in [0.3, 0.4) is 0 Å². The van der Waals surface area contributed by atoms with Gasteiger partial charge >= 0.3 is 0 Å². The average molecular weight is 300 g/mol. The lowest BCUT2D eigenvalue weighted by molar-refractivity contribution is 0.519. The van der Waals surface area contributed by atoms with Crippen LogP contribution in [-0.2, 0) is 14.8 Å². The Morgan fingerprint density at radius 2 is 2.11 bits per heavy atom. The summed E-state index contributed by atoms with van der Waals surface area (Å²) in [5, 5.41) is 6.97. The minimum absolute atomic E-state index is 0.0332. The van der Waals surface area contributed by atoms with Gasteiger partial charge in [0.25, 0.3) is 0 Å². The highest BCUT2D eigenvalue weighted by Crippen LogP contribution is 2.40. The third-order valence-corrected chi connectivity index (χ3v) is 5.41. The number of hydrogen-bond donors (Lipinski definition) is 1.